The molecule has 0 spiro atoms. The number of hydrogen-bond donors (Lipinski definition) is 3. The lowest BCUT2D eigenvalue weighted by Gasteiger charge is -2.30. The number of rotatable bonds is 10. The molecule has 1 aromatic carbocycles. The summed E-state index contributed by atoms with van der Waals surface area (Å²) in [6.07, 6.45) is 6.94. The van der Waals surface area contributed by atoms with Crippen LogP contribution in [0, 0.1) is 5.82 Å². The van der Waals surface area contributed by atoms with Crippen LogP contribution in [0.1, 0.15) is 22.6 Å². The molecule has 0 saturated carbocycles. The minimum absolute atomic E-state index is 0.273. The zero-order chi connectivity index (χ0) is 24.8. The number of halogens is 1. The fourth-order valence-electron chi connectivity index (χ4n) is 3.43. The summed E-state index contributed by atoms with van der Waals surface area (Å²) in [7, 11) is -4.63. The number of aromatic nitrogens is 2. The third kappa shape index (κ3) is 7.08. The van der Waals surface area contributed by atoms with Gasteiger partial charge in [0.25, 0.3) is 0 Å². The Labute approximate surface area is 200 Å². The Bertz CT molecular complexity index is 1260. The number of nitrogens with two attached hydrogens (primary N) is 1. The predicted molar refractivity (Wildman–Crippen MR) is 124 cm³/mol. The highest BCUT2D eigenvalue weighted by molar-refractivity contribution is 7.46. The van der Waals surface area contributed by atoms with E-state index in [1.54, 1.807) is 42.7 Å². The van der Waals surface area contributed by atoms with E-state index in [4.69, 9.17) is 24.8 Å². The molecule has 2 aromatic heterocycles. The van der Waals surface area contributed by atoms with E-state index in [2.05, 4.69) is 14.7 Å². The lowest BCUT2D eigenvalue weighted by atomic mass is 10.1. The van der Waals surface area contributed by atoms with E-state index in [9.17, 15) is 8.96 Å². The Balaban J connectivity index is 1.31. The van der Waals surface area contributed by atoms with Crippen molar-refractivity contribution in [2.75, 3.05) is 13.3 Å². The van der Waals surface area contributed by atoms with E-state index in [0.717, 1.165) is 11.1 Å². The number of phosphoric ester groups is 1. The third-order valence-electron chi connectivity index (χ3n) is 5.16. The molecule has 1 unspecified atom stereocenters. The largest absolute Gasteiger partial charge is 0.477 e. The summed E-state index contributed by atoms with van der Waals surface area (Å²) in [4.78, 5) is 23.5. The molecule has 0 amide bonds. The molecule has 3 aromatic rings. The lowest BCUT2D eigenvalue weighted by Crippen LogP contribution is -2.41. The number of ether oxygens (including phenoxy) is 1. The minimum Gasteiger partial charge on any atom is -0.477 e. The van der Waals surface area contributed by atoms with Crippen LogP contribution >= 0.6 is 7.82 Å². The van der Waals surface area contributed by atoms with Crippen LogP contribution in [0.3, 0.4) is 0 Å². The van der Waals surface area contributed by atoms with Crippen molar-refractivity contribution in [1.82, 2.24) is 15.0 Å². The number of pyridine rings is 1. The first-order valence-corrected chi connectivity index (χ1v) is 12.2. The van der Waals surface area contributed by atoms with Crippen LogP contribution in [0.5, 0.6) is 5.88 Å². The monoisotopic (exact) mass is 502 g/mol. The molecule has 0 aliphatic carbocycles. The highest BCUT2D eigenvalue weighted by atomic mass is 31.2. The Hall–Kier alpha value is -3.34. The van der Waals surface area contributed by atoms with Gasteiger partial charge in [-0.15, -0.1) is 0 Å². The van der Waals surface area contributed by atoms with E-state index < -0.39 is 14.0 Å². The minimum atomic E-state index is -4.63. The lowest BCUT2D eigenvalue weighted by molar-refractivity contribution is 0.110. The molecule has 4 rings (SSSR count). The maximum atomic E-state index is 13.2. The zero-order valence-electron chi connectivity index (χ0n) is 18.5. The second-order valence-corrected chi connectivity index (χ2v) is 9.00. The van der Waals surface area contributed by atoms with Gasteiger partial charge in [0, 0.05) is 42.9 Å². The molecular weight excluding hydrogens is 478 g/mol. The smallest absolute Gasteiger partial charge is 0.471 e. The topological polar surface area (TPSA) is 144 Å². The third-order valence-corrected chi connectivity index (χ3v) is 5.61. The van der Waals surface area contributed by atoms with Gasteiger partial charge in [0.2, 0.25) is 5.88 Å². The summed E-state index contributed by atoms with van der Waals surface area (Å²) in [5.74, 6) is 0.627. The van der Waals surface area contributed by atoms with Crippen molar-refractivity contribution in [3.63, 3.8) is 0 Å². The van der Waals surface area contributed by atoms with Crippen molar-refractivity contribution in [2.45, 2.75) is 19.0 Å². The van der Waals surface area contributed by atoms with Gasteiger partial charge in [-0.2, -0.15) is 0 Å². The van der Waals surface area contributed by atoms with E-state index in [1.807, 2.05) is 12.1 Å². The molecule has 0 saturated heterocycles. The molecule has 0 radical (unpaired) electrons. The van der Waals surface area contributed by atoms with Crippen molar-refractivity contribution in [2.24, 2.45) is 5.73 Å². The molecule has 1 atom stereocenters. The van der Waals surface area contributed by atoms with Gasteiger partial charge in [0.1, 0.15) is 18.7 Å². The highest BCUT2D eigenvalue weighted by Gasteiger charge is 2.25. The zero-order valence-corrected chi connectivity index (χ0v) is 19.4. The van der Waals surface area contributed by atoms with Crippen molar-refractivity contribution < 1.29 is 32.5 Å². The molecule has 1 aliphatic rings. The average Bonchev–Trinajstić information content (AvgIpc) is 3.27. The number of hydrogen-bond acceptors (Lipinski definition) is 8. The number of benzene rings is 1. The van der Waals surface area contributed by atoms with Crippen LogP contribution in [0.15, 0.2) is 71.5 Å². The van der Waals surface area contributed by atoms with Gasteiger partial charge in [0.15, 0.2) is 5.76 Å². The van der Waals surface area contributed by atoms with E-state index in [-0.39, 0.29) is 12.5 Å². The van der Waals surface area contributed by atoms with Crippen molar-refractivity contribution >= 4 is 13.4 Å². The molecule has 0 bridgehead atoms. The number of nitrogens with zero attached hydrogens (tertiary/aromatic N) is 3. The quantitative estimate of drug-likeness (QED) is 0.354. The molecule has 10 nitrogen and oxygen atoms in total. The summed E-state index contributed by atoms with van der Waals surface area (Å²) in [6, 6.07) is 11.8. The molecule has 184 valence electrons. The van der Waals surface area contributed by atoms with Crippen LogP contribution in [0.25, 0.3) is 5.57 Å². The van der Waals surface area contributed by atoms with Gasteiger partial charge in [-0.1, -0.05) is 29.4 Å². The Morgan fingerprint density at radius 1 is 1.20 bits per heavy atom. The molecule has 0 fully saturated rings. The van der Waals surface area contributed by atoms with Crippen molar-refractivity contribution in [3.05, 3.63) is 95.4 Å². The molecule has 4 N–H and O–H groups in total. The Kier molecular flexibility index (Phi) is 7.74. The van der Waals surface area contributed by atoms with Crippen LogP contribution in [-0.2, 0) is 21.9 Å². The number of phosphoric acid groups is 1. The van der Waals surface area contributed by atoms with Gasteiger partial charge in [-0.05, 0) is 29.3 Å². The fourth-order valence-corrected chi connectivity index (χ4v) is 3.71. The molecule has 35 heavy (non-hydrogen) atoms. The van der Waals surface area contributed by atoms with Gasteiger partial charge >= 0.3 is 7.82 Å². The van der Waals surface area contributed by atoms with Crippen LogP contribution in [0.4, 0.5) is 4.39 Å². The Morgan fingerprint density at radius 2 is 2.06 bits per heavy atom. The van der Waals surface area contributed by atoms with Gasteiger partial charge < -0.3 is 29.7 Å². The van der Waals surface area contributed by atoms with Crippen LogP contribution in [0.2, 0.25) is 0 Å². The first kappa shape index (κ1) is 24.8. The summed E-state index contributed by atoms with van der Waals surface area (Å²) in [5, 5.41) is 4.08. The predicted octanol–water partition coefficient (Wildman–Crippen LogP) is 2.99. The van der Waals surface area contributed by atoms with Gasteiger partial charge in [0.05, 0.1) is 12.3 Å². The van der Waals surface area contributed by atoms with Gasteiger partial charge in [-0.25, -0.2) is 13.9 Å². The van der Waals surface area contributed by atoms with E-state index in [1.165, 1.54) is 17.0 Å². The first-order chi connectivity index (χ1) is 16.8. The maximum Gasteiger partial charge on any atom is 0.471 e. The molecule has 1 aliphatic heterocycles. The second-order valence-electron chi connectivity index (χ2n) is 7.76. The first-order valence-electron chi connectivity index (χ1n) is 10.6. The highest BCUT2D eigenvalue weighted by Crippen LogP contribution is 2.36. The SMILES string of the molecule is NC1C(c2cc(Cc3ccc(OCCc4cccc(F)c4)nc3)no2)=CC=CN1COP(=O)(O)O. The molecular formula is C23H24FN4O6P. The maximum absolute atomic E-state index is 13.2. The fraction of sp³-hybridized carbons (Fsp3) is 0.217. The summed E-state index contributed by atoms with van der Waals surface area (Å²) >= 11 is 0. The summed E-state index contributed by atoms with van der Waals surface area (Å²) in [5.41, 5.74) is 9.17. The number of allylic oxidation sites excluding steroid dienone is 2. The second kappa shape index (κ2) is 10.9. The normalized spacial score (nSPS) is 15.8. The Morgan fingerprint density at radius 3 is 2.80 bits per heavy atom. The van der Waals surface area contributed by atoms with Crippen molar-refractivity contribution in [1.29, 1.82) is 0 Å². The average molecular weight is 502 g/mol. The van der Waals surface area contributed by atoms with E-state index in [0.29, 0.717) is 42.4 Å². The van der Waals surface area contributed by atoms with Gasteiger partial charge in [-0.3, -0.25) is 4.52 Å². The molecule has 12 heteroatoms. The summed E-state index contributed by atoms with van der Waals surface area (Å²) in [6.45, 7) is -0.00885. The van der Waals surface area contributed by atoms with E-state index >= 15 is 0 Å². The van der Waals surface area contributed by atoms with Crippen LogP contribution < -0.4 is 10.5 Å². The molecule has 3 heterocycles. The van der Waals surface area contributed by atoms with Crippen molar-refractivity contribution in [3.8, 4) is 5.88 Å². The summed E-state index contributed by atoms with van der Waals surface area (Å²) < 4.78 is 39.8. The van der Waals surface area contributed by atoms with Crippen LogP contribution in [-0.4, -0.2) is 44.3 Å². The standard InChI is InChI=1S/C23H24FN4O6P/c24-18-4-1-3-16(11-18)8-10-32-22-7-6-17(14-26-22)12-19-13-21(34-27-19)20-5-2-9-28(23(20)25)15-33-35(29,30)31/h1-7,9,11,13-14,23H,8,10,12,15,25H2,(H2,29,30,31).